The summed E-state index contributed by atoms with van der Waals surface area (Å²) in [6, 6.07) is 7.29. The molecule has 1 aliphatic heterocycles. The largest absolute Gasteiger partial charge is 0.494 e. The van der Waals surface area contributed by atoms with Crippen LogP contribution in [0.25, 0.3) is 0 Å². The van der Waals surface area contributed by atoms with Gasteiger partial charge in [-0.3, -0.25) is 0 Å². The number of hydrogen-bond acceptors (Lipinski definition) is 4. The van der Waals surface area contributed by atoms with Crippen molar-refractivity contribution >= 4 is 23.3 Å². The highest BCUT2D eigenvalue weighted by Crippen LogP contribution is 2.29. The summed E-state index contributed by atoms with van der Waals surface area (Å²) in [4.78, 5) is 12.1. The molecule has 6 heteroatoms. The molecule has 0 saturated carbocycles. The van der Waals surface area contributed by atoms with Gasteiger partial charge < -0.3 is 20.1 Å². The van der Waals surface area contributed by atoms with Gasteiger partial charge in [-0.2, -0.15) is 0 Å². The second-order valence-corrected chi connectivity index (χ2v) is 5.39. The van der Waals surface area contributed by atoms with E-state index in [1.807, 2.05) is 31.2 Å². The predicted molar refractivity (Wildman–Crippen MR) is 88.6 cm³/mol. The van der Waals surface area contributed by atoms with Crippen LogP contribution in [0.1, 0.15) is 31.9 Å². The van der Waals surface area contributed by atoms with Crippen LogP contribution in [0.2, 0.25) is 0 Å². The maximum Gasteiger partial charge on any atom is 0.337 e. The van der Waals surface area contributed by atoms with Gasteiger partial charge in [0.25, 0.3) is 0 Å². The Balaban J connectivity index is 2.37. The molecule has 1 unspecified atom stereocenters. The van der Waals surface area contributed by atoms with Crippen LogP contribution >= 0.6 is 12.2 Å². The van der Waals surface area contributed by atoms with E-state index in [1.165, 1.54) is 7.11 Å². The molecule has 1 aliphatic rings. The number of allylic oxidation sites excluding steroid dienone is 1. The molecule has 118 valence electrons. The number of esters is 1. The summed E-state index contributed by atoms with van der Waals surface area (Å²) in [5.41, 5.74) is 2.11. The Morgan fingerprint density at radius 3 is 2.86 bits per heavy atom. The van der Waals surface area contributed by atoms with Crippen molar-refractivity contribution < 1.29 is 14.3 Å². The number of nitrogens with one attached hydrogen (secondary N) is 2. The molecule has 0 spiro atoms. The van der Waals surface area contributed by atoms with Gasteiger partial charge in [0.15, 0.2) is 5.11 Å². The lowest BCUT2D eigenvalue weighted by atomic mass is 9.95. The number of thiocarbonyl (C=S) groups is 1. The zero-order valence-electron chi connectivity index (χ0n) is 12.9. The minimum absolute atomic E-state index is 0.355. The van der Waals surface area contributed by atoms with Gasteiger partial charge in [-0.15, -0.1) is 0 Å². The van der Waals surface area contributed by atoms with Gasteiger partial charge in [0, 0.05) is 5.70 Å². The Morgan fingerprint density at radius 1 is 1.41 bits per heavy atom. The van der Waals surface area contributed by atoms with Crippen molar-refractivity contribution in [3.8, 4) is 5.75 Å². The summed E-state index contributed by atoms with van der Waals surface area (Å²) in [7, 11) is 1.37. The smallest absolute Gasteiger partial charge is 0.337 e. The number of rotatable bonds is 5. The Hall–Kier alpha value is -2.08. The number of carbonyl (C=O) groups excluding carboxylic acids is 1. The lowest BCUT2D eigenvalue weighted by Crippen LogP contribution is -2.45. The molecule has 0 amide bonds. The zero-order valence-corrected chi connectivity index (χ0v) is 13.8. The van der Waals surface area contributed by atoms with Crippen LogP contribution in [0.3, 0.4) is 0 Å². The normalized spacial score (nSPS) is 17.6. The quantitative estimate of drug-likeness (QED) is 0.642. The van der Waals surface area contributed by atoms with E-state index in [0.717, 1.165) is 17.7 Å². The SMILES string of the molecule is CCCOc1cccc(C2NC(=S)NC(C)=C2C(=O)OC)c1. The highest BCUT2D eigenvalue weighted by atomic mass is 32.1. The van der Waals surface area contributed by atoms with Gasteiger partial charge in [-0.25, -0.2) is 4.79 Å². The molecule has 5 nitrogen and oxygen atoms in total. The fourth-order valence-electron chi connectivity index (χ4n) is 2.33. The van der Waals surface area contributed by atoms with Crippen LogP contribution in [0.4, 0.5) is 0 Å². The van der Waals surface area contributed by atoms with Crippen LogP contribution < -0.4 is 15.4 Å². The Morgan fingerprint density at radius 2 is 2.18 bits per heavy atom. The molecule has 22 heavy (non-hydrogen) atoms. The van der Waals surface area contributed by atoms with Gasteiger partial charge in [-0.05, 0) is 43.3 Å². The number of benzene rings is 1. The standard InChI is InChI=1S/C16H20N2O3S/c1-4-8-21-12-7-5-6-11(9-12)14-13(15(19)20-3)10(2)17-16(22)18-14/h5-7,9,14H,4,8H2,1-3H3,(H2,17,18,22). The second kappa shape index (κ2) is 7.26. The molecule has 0 radical (unpaired) electrons. The summed E-state index contributed by atoms with van der Waals surface area (Å²) >= 11 is 5.20. The van der Waals surface area contributed by atoms with Gasteiger partial charge in [0.05, 0.1) is 25.3 Å². The van der Waals surface area contributed by atoms with E-state index in [0.29, 0.717) is 23.0 Å². The molecule has 2 rings (SSSR count). The van der Waals surface area contributed by atoms with Crippen molar-refractivity contribution in [2.45, 2.75) is 26.3 Å². The first-order valence-electron chi connectivity index (χ1n) is 7.16. The average Bonchev–Trinajstić information content (AvgIpc) is 2.51. The van der Waals surface area contributed by atoms with Crippen LogP contribution in [0.5, 0.6) is 5.75 Å². The maximum absolute atomic E-state index is 12.1. The van der Waals surface area contributed by atoms with E-state index in [1.54, 1.807) is 0 Å². The van der Waals surface area contributed by atoms with Crippen LogP contribution in [0.15, 0.2) is 35.5 Å². The van der Waals surface area contributed by atoms with E-state index < -0.39 is 0 Å². The molecule has 1 aromatic carbocycles. The Labute approximate surface area is 135 Å². The van der Waals surface area contributed by atoms with E-state index >= 15 is 0 Å². The van der Waals surface area contributed by atoms with Crippen molar-refractivity contribution in [2.75, 3.05) is 13.7 Å². The number of carbonyl (C=O) groups is 1. The number of methoxy groups -OCH3 is 1. The second-order valence-electron chi connectivity index (χ2n) is 4.98. The van der Waals surface area contributed by atoms with Crippen LogP contribution in [-0.4, -0.2) is 24.8 Å². The molecule has 0 bridgehead atoms. The van der Waals surface area contributed by atoms with Gasteiger partial charge >= 0.3 is 5.97 Å². The summed E-state index contributed by atoms with van der Waals surface area (Å²) < 4.78 is 10.5. The van der Waals surface area contributed by atoms with Crippen LogP contribution in [0, 0.1) is 0 Å². The fourth-order valence-corrected chi connectivity index (χ4v) is 2.60. The molecular formula is C16H20N2O3S. The predicted octanol–water partition coefficient (Wildman–Crippen LogP) is 2.44. The van der Waals surface area contributed by atoms with Gasteiger partial charge in [0.2, 0.25) is 0 Å². The number of hydrogen-bond donors (Lipinski definition) is 2. The lowest BCUT2D eigenvalue weighted by molar-refractivity contribution is -0.136. The molecule has 0 aromatic heterocycles. The molecule has 1 aromatic rings. The minimum Gasteiger partial charge on any atom is -0.494 e. The van der Waals surface area contributed by atoms with Gasteiger partial charge in [-0.1, -0.05) is 19.1 Å². The summed E-state index contributed by atoms with van der Waals surface area (Å²) in [6.07, 6.45) is 0.937. The molecule has 0 aliphatic carbocycles. The Bertz CT molecular complexity index is 613. The van der Waals surface area contributed by atoms with Crippen molar-refractivity contribution in [3.05, 3.63) is 41.1 Å². The zero-order chi connectivity index (χ0) is 16.1. The van der Waals surface area contributed by atoms with Crippen molar-refractivity contribution in [1.82, 2.24) is 10.6 Å². The highest BCUT2D eigenvalue weighted by molar-refractivity contribution is 7.80. The summed E-state index contributed by atoms with van der Waals surface area (Å²) in [5, 5.41) is 6.56. The van der Waals surface area contributed by atoms with Crippen molar-refractivity contribution in [2.24, 2.45) is 0 Å². The molecule has 1 heterocycles. The molecule has 0 fully saturated rings. The van der Waals surface area contributed by atoms with Crippen molar-refractivity contribution in [1.29, 1.82) is 0 Å². The molecular weight excluding hydrogens is 300 g/mol. The molecule has 1 atom stereocenters. The first-order chi connectivity index (χ1) is 10.6. The third kappa shape index (κ3) is 3.57. The Kier molecular flexibility index (Phi) is 5.38. The minimum atomic E-state index is -0.384. The summed E-state index contributed by atoms with van der Waals surface area (Å²) in [6.45, 7) is 4.52. The lowest BCUT2D eigenvalue weighted by Gasteiger charge is -2.29. The first-order valence-corrected chi connectivity index (χ1v) is 7.57. The monoisotopic (exact) mass is 320 g/mol. The maximum atomic E-state index is 12.1. The first kappa shape index (κ1) is 16.3. The number of ether oxygens (including phenoxy) is 2. The topological polar surface area (TPSA) is 59.6 Å². The van der Waals surface area contributed by atoms with Crippen LogP contribution in [-0.2, 0) is 9.53 Å². The van der Waals surface area contributed by atoms with E-state index in [2.05, 4.69) is 17.6 Å². The van der Waals surface area contributed by atoms with Crippen molar-refractivity contribution in [3.63, 3.8) is 0 Å². The summed E-state index contributed by atoms with van der Waals surface area (Å²) in [5.74, 6) is 0.386. The van der Waals surface area contributed by atoms with E-state index in [9.17, 15) is 4.79 Å². The van der Waals surface area contributed by atoms with E-state index in [-0.39, 0.29) is 12.0 Å². The average molecular weight is 320 g/mol. The molecule has 0 saturated heterocycles. The molecule has 2 N–H and O–H groups in total. The third-order valence-corrected chi connectivity index (χ3v) is 3.56. The van der Waals surface area contributed by atoms with E-state index in [4.69, 9.17) is 21.7 Å². The third-order valence-electron chi connectivity index (χ3n) is 3.34. The fraction of sp³-hybridized carbons (Fsp3) is 0.375. The van der Waals surface area contributed by atoms with Gasteiger partial charge in [0.1, 0.15) is 5.75 Å². The highest BCUT2D eigenvalue weighted by Gasteiger charge is 2.30.